The third kappa shape index (κ3) is 5.13. The van der Waals surface area contributed by atoms with Crippen molar-refractivity contribution in [3.63, 3.8) is 0 Å². The molecule has 0 heterocycles. The first kappa shape index (κ1) is 20.4. The van der Waals surface area contributed by atoms with Gasteiger partial charge in [-0.25, -0.2) is 13.2 Å². The molecule has 0 fully saturated rings. The van der Waals surface area contributed by atoms with Crippen LogP contribution in [-0.4, -0.2) is 25.4 Å². The molecule has 9 heteroatoms. The van der Waals surface area contributed by atoms with E-state index in [0.717, 1.165) is 0 Å². The second-order valence-corrected chi connectivity index (χ2v) is 8.10. The number of carbonyl (C=O) groups is 2. The number of carboxylic acid groups (broad SMARTS) is 1. The van der Waals surface area contributed by atoms with Gasteiger partial charge in [-0.3, -0.25) is 9.52 Å². The van der Waals surface area contributed by atoms with Crippen molar-refractivity contribution in [1.82, 2.24) is 0 Å². The fraction of sp³-hybridized carbons (Fsp3) is 0. The molecule has 0 aliphatic rings. The van der Waals surface area contributed by atoms with Crippen LogP contribution in [-0.2, 0) is 10.0 Å². The van der Waals surface area contributed by atoms with E-state index in [1.807, 2.05) is 0 Å². The predicted molar refractivity (Wildman–Crippen MR) is 110 cm³/mol. The summed E-state index contributed by atoms with van der Waals surface area (Å²) in [5, 5.41) is 11.9. The maximum atomic E-state index is 12.5. The number of hydrogen-bond donors (Lipinski definition) is 3. The third-order valence-corrected chi connectivity index (χ3v) is 5.54. The van der Waals surface area contributed by atoms with Crippen LogP contribution in [0.3, 0.4) is 0 Å². The van der Waals surface area contributed by atoms with E-state index in [1.54, 1.807) is 6.07 Å². The van der Waals surface area contributed by atoms with Crippen molar-refractivity contribution in [1.29, 1.82) is 0 Å². The van der Waals surface area contributed by atoms with E-state index in [-0.39, 0.29) is 21.7 Å². The van der Waals surface area contributed by atoms with Gasteiger partial charge in [0, 0.05) is 22.0 Å². The number of nitrogens with one attached hydrogen (secondary N) is 2. The Labute approximate surface area is 172 Å². The Balaban J connectivity index is 1.75. The zero-order valence-corrected chi connectivity index (χ0v) is 16.4. The van der Waals surface area contributed by atoms with Gasteiger partial charge in [-0.05, 0) is 66.7 Å². The SMILES string of the molecule is O=C(O)c1ccc(NC(=O)c2cccc(NS(=O)(=O)c3ccc(Cl)cc3)c2)cc1. The summed E-state index contributed by atoms with van der Waals surface area (Å²) in [5.74, 6) is -1.54. The fourth-order valence-corrected chi connectivity index (χ4v) is 3.63. The number of amides is 1. The van der Waals surface area contributed by atoms with Gasteiger partial charge >= 0.3 is 5.97 Å². The van der Waals surface area contributed by atoms with Gasteiger partial charge in [-0.15, -0.1) is 0 Å². The summed E-state index contributed by atoms with van der Waals surface area (Å²) in [4.78, 5) is 23.4. The number of benzene rings is 3. The van der Waals surface area contributed by atoms with Crippen molar-refractivity contribution in [2.45, 2.75) is 4.90 Å². The zero-order valence-electron chi connectivity index (χ0n) is 14.8. The maximum absolute atomic E-state index is 12.5. The number of carbonyl (C=O) groups excluding carboxylic acids is 1. The minimum atomic E-state index is -3.84. The van der Waals surface area contributed by atoms with Gasteiger partial charge < -0.3 is 10.4 Å². The van der Waals surface area contributed by atoms with E-state index in [4.69, 9.17) is 16.7 Å². The average Bonchev–Trinajstić information content (AvgIpc) is 2.68. The summed E-state index contributed by atoms with van der Waals surface area (Å²) in [6, 6.07) is 17.4. The van der Waals surface area contributed by atoms with Crippen LogP contribution >= 0.6 is 11.6 Å². The van der Waals surface area contributed by atoms with Crippen molar-refractivity contribution in [2.24, 2.45) is 0 Å². The molecule has 29 heavy (non-hydrogen) atoms. The molecule has 148 valence electrons. The molecule has 0 saturated carbocycles. The van der Waals surface area contributed by atoms with Gasteiger partial charge in [0.2, 0.25) is 0 Å². The fourth-order valence-electron chi connectivity index (χ4n) is 2.45. The highest BCUT2D eigenvalue weighted by atomic mass is 35.5. The van der Waals surface area contributed by atoms with E-state index in [1.165, 1.54) is 66.7 Å². The first-order valence-electron chi connectivity index (χ1n) is 8.28. The van der Waals surface area contributed by atoms with Crippen LogP contribution < -0.4 is 10.0 Å². The average molecular weight is 431 g/mol. The Morgan fingerprint density at radius 3 is 2.10 bits per heavy atom. The number of aromatic carboxylic acids is 1. The first-order chi connectivity index (χ1) is 13.7. The normalized spacial score (nSPS) is 10.9. The van der Waals surface area contributed by atoms with Gasteiger partial charge in [-0.2, -0.15) is 0 Å². The van der Waals surface area contributed by atoms with Crippen LogP contribution in [0.4, 0.5) is 11.4 Å². The molecular formula is C20H15ClN2O5S. The molecular weight excluding hydrogens is 416 g/mol. The Kier molecular flexibility index (Phi) is 5.86. The Morgan fingerprint density at radius 1 is 0.828 bits per heavy atom. The van der Waals surface area contributed by atoms with Crippen molar-refractivity contribution >= 4 is 44.9 Å². The number of sulfonamides is 1. The second kappa shape index (κ2) is 8.34. The molecule has 3 aromatic carbocycles. The smallest absolute Gasteiger partial charge is 0.335 e. The summed E-state index contributed by atoms with van der Waals surface area (Å²) in [6.45, 7) is 0. The molecule has 0 aromatic heterocycles. The van der Waals surface area contributed by atoms with E-state index < -0.39 is 21.9 Å². The minimum absolute atomic E-state index is 0.0373. The van der Waals surface area contributed by atoms with Crippen LogP contribution in [0.1, 0.15) is 20.7 Å². The van der Waals surface area contributed by atoms with Gasteiger partial charge in [-0.1, -0.05) is 17.7 Å². The molecule has 0 saturated heterocycles. The highest BCUT2D eigenvalue weighted by Crippen LogP contribution is 2.20. The minimum Gasteiger partial charge on any atom is -0.478 e. The summed E-state index contributed by atoms with van der Waals surface area (Å²) >= 11 is 5.78. The monoisotopic (exact) mass is 430 g/mol. The first-order valence-corrected chi connectivity index (χ1v) is 10.1. The highest BCUT2D eigenvalue weighted by molar-refractivity contribution is 7.92. The molecule has 3 aromatic rings. The van der Waals surface area contributed by atoms with Crippen molar-refractivity contribution in [3.05, 3.63) is 88.9 Å². The lowest BCUT2D eigenvalue weighted by Gasteiger charge is -2.10. The number of hydrogen-bond acceptors (Lipinski definition) is 4. The van der Waals surface area contributed by atoms with Crippen LogP contribution in [0.2, 0.25) is 5.02 Å². The molecule has 0 radical (unpaired) electrons. The van der Waals surface area contributed by atoms with E-state index >= 15 is 0 Å². The zero-order chi connectivity index (χ0) is 21.0. The molecule has 3 N–H and O–H groups in total. The molecule has 0 aliphatic heterocycles. The van der Waals surface area contributed by atoms with Crippen LogP contribution in [0.15, 0.2) is 77.7 Å². The maximum Gasteiger partial charge on any atom is 0.335 e. The topological polar surface area (TPSA) is 113 Å². The number of anilines is 2. The van der Waals surface area contributed by atoms with Crippen LogP contribution in [0, 0.1) is 0 Å². The largest absolute Gasteiger partial charge is 0.478 e. The van der Waals surface area contributed by atoms with Gasteiger partial charge in [0.15, 0.2) is 0 Å². The summed E-state index contributed by atoms with van der Waals surface area (Å²) in [7, 11) is -3.84. The highest BCUT2D eigenvalue weighted by Gasteiger charge is 2.15. The Bertz CT molecular complexity index is 1160. The van der Waals surface area contributed by atoms with Crippen molar-refractivity contribution in [2.75, 3.05) is 10.0 Å². The summed E-state index contributed by atoms with van der Waals surface area (Å²) in [6.07, 6.45) is 0. The quantitative estimate of drug-likeness (QED) is 0.545. The van der Waals surface area contributed by atoms with Crippen LogP contribution in [0.25, 0.3) is 0 Å². The molecule has 0 aliphatic carbocycles. The molecule has 0 atom stereocenters. The predicted octanol–water partition coefficient (Wildman–Crippen LogP) is 4.09. The molecule has 0 spiro atoms. The Hall–Kier alpha value is -3.36. The lowest BCUT2D eigenvalue weighted by atomic mass is 10.1. The van der Waals surface area contributed by atoms with Gasteiger partial charge in [0.1, 0.15) is 0 Å². The number of carboxylic acids is 1. The van der Waals surface area contributed by atoms with E-state index in [2.05, 4.69) is 10.0 Å². The van der Waals surface area contributed by atoms with E-state index in [9.17, 15) is 18.0 Å². The lowest BCUT2D eigenvalue weighted by molar-refractivity contribution is 0.0696. The van der Waals surface area contributed by atoms with E-state index in [0.29, 0.717) is 10.7 Å². The third-order valence-electron chi connectivity index (χ3n) is 3.89. The molecule has 3 rings (SSSR count). The Morgan fingerprint density at radius 2 is 1.48 bits per heavy atom. The molecule has 0 unspecified atom stereocenters. The van der Waals surface area contributed by atoms with Crippen molar-refractivity contribution in [3.8, 4) is 0 Å². The molecule has 1 amide bonds. The lowest BCUT2D eigenvalue weighted by Crippen LogP contribution is -2.15. The van der Waals surface area contributed by atoms with Gasteiger partial charge in [0.25, 0.3) is 15.9 Å². The standard InChI is InChI=1S/C20H15ClN2O5S/c21-15-6-10-18(11-7-15)29(27,28)23-17-3-1-2-14(12-17)19(24)22-16-8-4-13(5-9-16)20(25)26/h1-12,23H,(H,22,24)(H,25,26). The summed E-state index contributed by atoms with van der Waals surface area (Å²) in [5.41, 5.74) is 0.950. The molecule has 0 bridgehead atoms. The summed E-state index contributed by atoms with van der Waals surface area (Å²) < 4.78 is 27.4. The van der Waals surface area contributed by atoms with Crippen LogP contribution in [0.5, 0.6) is 0 Å². The molecule has 7 nitrogen and oxygen atoms in total. The van der Waals surface area contributed by atoms with Crippen molar-refractivity contribution < 1.29 is 23.1 Å². The van der Waals surface area contributed by atoms with Gasteiger partial charge in [0.05, 0.1) is 10.5 Å². The number of halogens is 1. The number of rotatable bonds is 6. The second-order valence-electron chi connectivity index (χ2n) is 5.98.